The molecule has 34 heavy (non-hydrogen) atoms. The Morgan fingerprint density at radius 2 is 1.88 bits per heavy atom. The lowest BCUT2D eigenvalue weighted by Gasteiger charge is -2.43. The number of nitrogens with two attached hydrogens (primary N) is 1. The molecule has 0 saturated heterocycles. The van der Waals surface area contributed by atoms with Crippen molar-refractivity contribution in [1.29, 1.82) is 5.26 Å². The predicted molar refractivity (Wildman–Crippen MR) is 129 cm³/mol. The van der Waals surface area contributed by atoms with Crippen LogP contribution in [0.1, 0.15) is 47.1 Å². The quantitative estimate of drug-likeness (QED) is 0.595. The summed E-state index contributed by atoms with van der Waals surface area (Å²) < 4.78 is 5.69. The summed E-state index contributed by atoms with van der Waals surface area (Å²) in [6.45, 7) is 2.02. The van der Waals surface area contributed by atoms with Gasteiger partial charge in [0.2, 0.25) is 0 Å². The molecule has 0 unspecified atom stereocenters. The number of furan rings is 1. The number of hydrogen-bond donors (Lipinski definition) is 1. The molecule has 166 valence electrons. The molecule has 2 aromatic carbocycles. The Hall–Kier alpha value is -4.37. The topological polar surface area (TPSA) is 95.6 Å². The van der Waals surface area contributed by atoms with E-state index in [-0.39, 0.29) is 11.7 Å². The molecule has 3 aliphatic rings. The molecule has 0 amide bonds. The number of hydrogen-bond acceptors (Lipinski definition) is 6. The van der Waals surface area contributed by atoms with Gasteiger partial charge in [-0.2, -0.15) is 5.26 Å². The Balaban J connectivity index is 1.62. The maximum atomic E-state index is 13.8. The van der Waals surface area contributed by atoms with E-state index in [2.05, 4.69) is 6.07 Å². The second-order valence-corrected chi connectivity index (χ2v) is 8.95. The fourth-order valence-corrected chi connectivity index (χ4v) is 5.33. The first kappa shape index (κ1) is 20.3. The third-order valence-corrected chi connectivity index (χ3v) is 6.91. The number of amidine groups is 1. The van der Waals surface area contributed by atoms with Crippen molar-refractivity contribution in [3.63, 3.8) is 0 Å². The summed E-state index contributed by atoms with van der Waals surface area (Å²) in [5.41, 5.74) is 12.0. The minimum atomic E-state index is -0.487. The van der Waals surface area contributed by atoms with Gasteiger partial charge in [-0.15, -0.1) is 0 Å². The van der Waals surface area contributed by atoms with Crippen LogP contribution in [0, 0.1) is 18.3 Å². The van der Waals surface area contributed by atoms with Gasteiger partial charge in [-0.1, -0.05) is 42.0 Å². The van der Waals surface area contributed by atoms with Crippen molar-refractivity contribution in [1.82, 2.24) is 0 Å². The van der Waals surface area contributed by atoms with Crippen LogP contribution in [0.2, 0.25) is 0 Å². The number of anilines is 1. The highest BCUT2D eigenvalue weighted by atomic mass is 16.3. The number of aryl methyl sites for hydroxylation is 1. The molecular weight excluding hydrogens is 424 g/mol. The largest absolute Gasteiger partial charge is 0.469 e. The van der Waals surface area contributed by atoms with E-state index in [0.29, 0.717) is 35.6 Å². The van der Waals surface area contributed by atoms with Crippen LogP contribution >= 0.6 is 0 Å². The molecule has 3 aromatic rings. The maximum Gasteiger partial charge on any atom is 0.162 e. The number of allylic oxidation sites excluding steroid dienone is 3. The van der Waals surface area contributed by atoms with Crippen molar-refractivity contribution in [2.75, 3.05) is 4.90 Å². The lowest BCUT2D eigenvalue weighted by Crippen LogP contribution is -2.40. The molecule has 0 radical (unpaired) electrons. The Morgan fingerprint density at radius 3 is 2.62 bits per heavy atom. The number of nitrogens with zero attached hydrogens (tertiary/aromatic N) is 3. The van der Waals surface area contributed by atoms with Crippen LogP contribution in [0.15, 0.2) is 99.0 Å². The molecule has 6 rings (SSSR count). The van der Waals surface area contributed by atoms with Crippen LogP contribution in [0.25, 0.3) is 0 Å². The number of Topliss-reactive ketones (excluding diaryl/α,β-unsaturated/α-hetero) is 1. The first-order chi connectivity index (χ1) is 16.6. The van der Waals surface area contributed by atoms with E-state index >= 15 is 0 Å². The number of carbonyl (C=O) groups excluding carboxylic acids is 1. The molecule has 1 aromatic heterocycles. The zero-order valence-corrected chi connectivity index (χ0v) is 18.7. The van der Waals surface area contributed by atoms with E-state index in [9.17, 15) is 10.1 Å². The van der Waals surface area contributed by atoms with E-state index in [1.165, 1.54) is 0 Å². The van der Waals surface area contributed by atoms with Crippen molar-refractivity contribution in [2.24, 2.45) is 10.7 Å². The number of rotatable bonds is 2. The number of carbonyl (C=O) groups is 1. The SMILES string of the molecule is Cc1ccc([C@H]2C(C#N)=C3N=C(N)c4ccccc4N3C3=C2C(=O)C[C@H](c2ccco2)C3)cc1. The highest BCUT2D eigenvalue weighted by Crippen LogP contribution is 2.51. The van der Waals surface area contributed by atoms with Gasteiger partial charge in [-0.3, -0.25) is 9.69 Å². The number of benzene rings is 2. The smallest absolute Gasteiger partial charge is 0.162 e. The zero-order chi connectivity index (χ0) is 23.4. The first-order valence-electron chi connectivity index (χ1n) is 11.3. The van der Waals surface area contributed by atoms with Gasteiger partial charge >= 0.3 is 0 Å². The van der Waals surface area contributed by atoms with Gasteiger partial charge in [0.05, 0.1) is 29.5 Å². The van der Waals surface area contributed by atoms with Crippen molar-refractivity contribution in [3.8, 4) is 6.07 Å². The van der Waals surface area contributed by atoms with Gasteiger partial charge in [-0.05, 0) is 43.2 Å². The number of fused-ring (bicyclic) bond motifs is 4. The van der Waals surface area contributed by atoms with Crippen LogP contribution in [0.5, 0.6) is 0 Å². The predicted octanol–water partition coefficient (Wildman–Crippen LogP) is 5.05. The van der Waals surface area contributed by atoms with Crippen LogP contribution in [0.4, 0.5) is 5.69 Å². The van der Waals surface area contributed by atoms with Crippen LogP contribution in [-0.2, 0) is 4.79 Å². The summed E-state index contributed by atoms with van der Waals surface area (Å²) in [7, 11) is 0. The Morgan fingerprint density at radius 1 is 1.09 bits per heavy atom. The average molecular weight is 447 g/mol. The Kier molecular flexibility index (Phi) is 4.53. The van der Waals surface area contributed by atoms with Gasteiger partial charge in [0.15, 0.2) is 11.6 Å². The summed E-state index contributed by atoms with van der Waals surface area (Å²) in [5, 5.41) is 10.3. The minimum absolute atomic E-state index is 0.0278. The average Bonchev–Trinajstić information content (AvgIpc) is 3.39. The Labute approximate surface area is 197 Å². The van der Waals surface area contributed by atoms with Gasteiger partial charge in [-0.25, -0.2) is 4.99 Å². The minimum Gasteiger partial charge on any atom is -0.469 e. The van der Waals surface area contributed by atoms with E-state index in [0.717, 1.165) is 33.8 Å². The second kappa shape index (κ2) is 7.60. The van der Waals surface area contributed by atoms with Crippen molar-refractivity contribution in [3.05, 3.63) is 112 Å². The third-order valence-electron chi connectivity index (χ3n) is 6.91. The summed E-state index contributed by atoms with van der Waals surface area (Å²) in [5.74, 6) is 1.11. The maximum absolute atomic E-state index is 13.8. The van der Waals surface area contributed by atoms with E-state index in [4.69, 9.17) is 15.1 Å². The lowest BCUT2D eigenvalue weighted by molar-refractivity contribution is -0.116. The Bertz CT molecular complexity index is 1450. The van der Waals surface area contributed by atoms with Crippen molar-refractivity contribution in [2.45, 2.75) is 31.6 Å². The third kappa shape index (κ3) is 2.94. The summed E-state index contributed by atoms with van der Waals surface area (Å²) in [6.07, 6.45) is 2.58. The second-order valence-electron chi connectivity index (χ2n) is 8.95. The molecule has 0 fully saturated rings. The molecular formula is C28H22N4O2. The standard InChI is InChI=1S/C28H22N4O2/c1-16-8-10-17(11-9-16)25-20(15-29)28-31-27(30)19-5-2-3-6-21(19)32(28)22-13-18(14-23(33)26(22)25)24-7-4-12-34-24/h2-12,18,25H,13-14H2,1H3,(H2,30,31)/t18-,25+/m1/s1. The summed E-state index contributed by atoms with van der Waals surface area (Å²) in [4.78, 5) is 20.5. The van der Waals surface area contributed by atoms with E-state index in [1.807, 2.05) is 72.5 Å². The summed E-state index contributed by atoms with van der Waals surface area (Å²) in [6, 6.07) is 21.9. The van der Waals surface area contributed by atoms with Gasteiger partial charge in [0.1, 0.15) is 11.6 Å². The van der Waals surface area contributed by atoms with Gasteiger partial charge in [0, 0.05) is 29.2 Å². The normalized spacial score (nSPS) is 21.5. The number of aliphatic imine (C=N–C) groups is 1. The molecule has 2 N–H and O–H groups in total. The number of ketones is 1. The highest BCUT2D eigenvalue weighted by Gasteiger charge is 2.45. The molecule has 6 nitrogen and oxygen atoms in total. The lowest BCUT2D eigenvalue weighted by atomic mass is 9.72. The van der Waals surface area contributed by atoms with E-state index < -0.39 is 5.92 Å². The van der Waals surface area contributed by atoms with Gasteiger partial charge < -0.3 is 10.2 Å². The van der Waals surface area contributed by atoms with Crippen LogP contribution in [-0.4, -0.2) is 11.6 Å². The molecule has 0 saturated carbocycles. The molecule has 3 heterocycles. The molecule has 2 atom stereocenters. The number of para-hydroxylation sites is 1. The fraction of sp³-hybridized carbons (Fsp3) is 0.179. The highest BCUT2D eigenvalue weighted by molar-refractivity contribution is 6.08. The van der Waals surface area contributed by atoms with Crippen molar-refractivity contribution < 1.29 is 9.21 Å². The molecule has 6 heteroatoms. The van der Waals surface area contributed by atoms with Gasteiger partial charge in [0.25, 0.3) is 0 Å². The number of nitriles is 1. The summed E-state index contributed by atoms with van der Waals surface area (Å²) >= 11 is 0. The molecule has 1 aliphatic carbocycles. The monoisotopic (exact) mass is 446 g/mol. The fourth-order valence-electron chi connectivity index (χ4n) is 5.33. The zero-order valence-electron chi connectivity index (χ0n) is 18.7. The van der Waals surface area contributed by atoms with E-state index in [1.54, 1.807) is 6.26 Å². The first-order valence-corrected chi connectivity index (χ1v) is 11.3. The van der Waals surface area contributed by atoms with Crippen LogP contribution < -0.4 is 10.6 Å². The van der Waals surface area contributed by atoms with Crippen LogP contribution in [0.3, 0.4) is 0 Å². The molecule has 2 aliphatic heterocycles. The molecule has 0 spiro atoms. The molecule has 0 bridgehead atoms. The van der Waals surface area contributed by atoms with Crippen molar-refractivity contribution >= 4 is 17.3 Å².